The van der Waals surface area contributed by atoms with E-state index in [0.717, 1.165) is 17.1 Å². The van der Waals surface area contributed by atoms with E-state index in [4.69, 9.17) is 9.15 Å². The summed E-state index contributed by atoms with van der Waals surface area (Å²) in [4.78, 5) is 12.5. The molecule has 1 aromatic carbocycles. The first kappa shape index (κ1) is 16.9. The zero-order valence-corrected chi connectivity index (χ0v) is 14.2. The summed E-state index contributed by atoms with van der Waals surface area (Å²) < 4.78 is 13.1. The number of ether oxygens (including phenoxy) is 1. The third-order valence-corrected chi connectivity index (χ3v) is 3.99. The predicted molar refractivity (Wildman–Crippen MR) is 95.4 cm³/mol. The van der Waals surface area contributed by atoms with Crippen molar-refractivity contribution in [2.75, 3.05) is 6.61 Å². The van der Waals surface area contributed by atoms with Gasteiger partial charge in [0.2, 0.25) is 5.91 Å². The SMILES string of the molecule is CCOc1ccccc1CNC(=O)CC(c1ccco1)n1cccc1. The molecular weight excluding hydrogens is 316 g/mol. The molecule has 5 nitrogen and oxygen atoms in total. The summed E-state index contributed by atoms with van der Waals surface area (Å²) in [7, 11) is 0. The van der Waals surface area contributed by atoms with Gasteiger partial charge in [-0.1, -0.05) is 18.2 Å². The molecule has 1 atom stereocenters. The number of carbonyl (C=O) groups is 1. The molecule has 1 amide bonds. The quantitative estimate of drug-likeness (QED) is 0.680. The van der Waals surface area contributed by atoms with Crippen molar-refractivity contribution < 1.29 is 13.9 Å². The number of benzene rings is 1. The van der Waals surface area contributed by atoms with Gasteiger partial charge < -0.3 is 19.0 Å². The van der Waals surface area contributed by atoms with Crippen LogP contribution in [0.15, 0.2) is 71.6 Å². The first-order valence-corrected chi connectivity index (χ1v) is 8.41. The molecule has 0 aliphatic carbocycles. The first-order valence-electron chi connectivity index (χ1n) is 8.41. The molecule has 2 aromatic heterocycles. The molecule has 0 spiro atoms. The van der Waals surface area contributed by atoms with Gasteiger partial charge in [0.25, 0.3) is 0 Å². The summed E-state index contributed by atoms with van der Waals surface area (Å²) in [5.41, 5.74) is 0.966. The Balaban J connectivity index is 1.65. The molecule has 1 N–H and O–H groups in total. The van der Waals surface area contributed by atoms with Crippen LogP contribution in [-0.2, 0) is 11.3 Å². The van der Waals surface area contributed by atoms with Gasteiger partial charge in [-0.2, -0.15) is 0 Å². The summed E-state index contributed by atoms with van der Waals surface area (Å²) in [5.74, 6) is 1.53. The van der Waals surface area contributed by atoms with Crippen molar-refractivity contribution in [3.8, 4) is 5.75 Å². The molecule has 5 heteroatoms. The Hall–Kier alpha value is -2.95. The number of para-hydroxylation sites is 1. The van der Waals surface area contributed by atoms with Gasteiger partial charge in [0, 0.05) is 24.5 Å². The summed E-state index contributed by atoms with van der Waals surface area (Å²) in [6, 6.07) is 15.2. The monoisotopic (exact) mass is 338 g/mol. The predicted octanol–water partition coefficient (Wildman–Crippen LogP) is 3.78. The largest absolute Gasteiger partial charge is 0.494 e. The van der Waals surface area contributed by atoms with Gasteiger partial charge >= 0.3 is 0 Å². The van der Waals surface area contributed by atoms with Crippen LogP contribution in [-0.4, -0.2) is 17.1 Å². The molecule has 0 radical (unpaired) electrons. The third kappa shape index (κ3) is 4.32. The number of hydrogen-bond donors (Lipinski definition) is 1. The third-order valence-electron chi connectivity index (χ3n) is 3.99. The van der Waals surface area contributed by atoms with Crippen LogP contribution in [0.4, 0.5) is 0 Å². The Bertz CT molecular complexity index is 745. The zero-order chi connectivity index (χ0) is 17.5. The Morgan fingerprint density at radius 3 is 2.68 bits per heavy atom. The van der Waals surface area contributed by atoms with Crippen molar-refractivity contribution in [2.45, 2.75) is 25.9 Å². The van der Waals surface area contributed by atoms with Crippen LogP contribution in [0, 0.1) is 0 Å². The normalized spacial score (nSPS) is 11.9. The molecule has 0 aliphatic rings. The average molecular weight is 338 g/mol. The van der Waals surface area contributed by atoms with E-state index >= 15 is 0 Å². The number of hydrogen-bond acceptors (Lipinski definition) is 3. The van der Waals surface area contributed by atoms with Gasteiger partial charge in [-0.3, -0.25) is 4.79 Å². The zero-order valence-electron chi connectivity index (χ0n) is 14.2. The Kier molecular flexibility index (Phi) is 5.57. The van der Waals surface area contributed by atoms with E-state index < -0.39 is 0 Å². The summed E-state index contributed by atoms with van der Waals surface area (Å²) in [6.45, 7) is 2.98. The van der Waals surface area contributed by atoms with E-state index in [1.165, 1.54) is 0 Å². The standard InChI is InChI=1S/C20H22N2O3/c1-2-24-18-9-4-3-8-16(18)15-21-20(23)14-17(19-10-7-13-25-19)22-11-5-6-12-22/h3-13,17H,2,14-15H2,1H3,(H,21,23). The Labute approximate surface area is 147 Å². The van der Waals surface area contributed by atoms with Crippen LogP contribution < -0.4 is 10.1 Å². The highest BCUT2D eigenvalue weighted by Gasteiger charge is 2.19. The van der Waals surface area contributed by atoms with Gasteiger partial charge in [0.05, 0.1) is 25.3 Å². The number of aromatic nitrogens is 1. The minimum absolute atomic E-state index is 0.0404. The lowest BCUT2D eigenvalue weighted by molar-refractivity contribution is -0.121. The Morgan fingerprint density at radius 1 is 1.16 bits per heavy atom. The second-order valence-electron chi connectivity index (χ2n) is 5.68. The van der Waals surface area contributed by atoms with Gasteiger partial charge in [0.15, 0.2) is 0 Å². The van der Waals surface area contributed by atoms with E-state index in [-0.39, 0.29) is 11.9 Å². The molecular formula is C20H22N2O3. The lowest BCUT2D eigenvalue weighted by Crippen LogP contribution is -2.26. The Morgan fingerprint density at radius 2 is 1.96 bits per heavy atom. The summed E-state index contributed by atoms with van der Waals surface area (Å²) in [6.07, 6.45) is 5.80. The summed E-state index contributed by atoms with van der Waals surface area (Å²) >= 11 is 0. The maximum Gasteiger partial charge on any atom is 0.222 e. The number of nitrogens with zero attached hydrogens (tertiary/aromatic N) is 1. The minimum Gasteiger partial charge on any atom is -0.494 e. The highest BCUT2D eigenvalue weighted by atomic mass is 16.5. The van der Waals surface area contributed by atoms with E-state index in [0.29, 0.717) is 19.6 Å². The van der Waals surface area contributed by atoms with Crippen molar-refractivity contribution in [3.63, 3.8) is 0 Å². The van der Waals surface area contributed by atoms with Crippen molar-refractivity contribution in [3.05, 3.63) is 78.5 Å². The second-order valence-corrected chi connectivity index (χ2v) is 5.68. The smallest absolute Gasteiger partial charge is 0.222 e. The van der Waals surface area contributed by atoms with Crippen molar-refractivity contribution in [1.82, 2.24) is 9.88 Å². The molecule has 1 unspecified atom stereocenters. The molecule has 2 heterocycles. The van der Waals surface area contributed by atoms with Gasteiger partial charge in [-0.25, -0.2) is 0 Å². The maximum atomic E-state index is 12.5. The van der Waals surface area contributed by atoms with E-state index in [2.05, 4.69) is 5.32 Å². The number of nitrogens with one attached hydrogen (secondary N) is 1. The fourth-order valence-electron chi connectivity index (χ4n) is 2.78. The number of carbonyl (C=O) groups excluding carboxylic acids is 1. The summed E-state index contributed by atoms with van der Waals surface area (Å²) in [5, 5.41) is 2.98. The molecule has 130 valence electrons. The van der Waals surface area contributed by atoms with Crippen molar-refractivity contribution in [1.29, 1.82) is 0 Å². The van der Waals surface area contributed by atoms with Crippen LogP contribution in [0.5, 0.6) is 5.75 Å². The molecule has 3 rings (SSSR count). The highest BCUT2D eigenvalue weighted by molar-refractivity contribution is 5.76. The van der Waals surface area contributed by atoms with Crippen LogP contribution in [0.1, 0.15) is 30.7 Å². The van der Waals surface area contributed by atoms with Crippen LogP contribution in [0.25, 0.3) is 0 Å². The molecule has 0 saturated heterocycles. The maximum absolute atomic E-state index is 12.5. The topological polar surface area (TPSA) is 56.4 Å². The lowest BCUT2D eigenvalue weighted by Gasteiger charge is -2.17. The van der Waals surface area contributed by atoms with Crippen LogP contribution >= 0.6 is 0 Å². The van der Waals surface area contributed by atoms with Gasteiger partial charge in [-0.15, -0.1) is 0 Å². The molecule has 0 saturated carbocycles. The molecule has 0 fully saturated rings. The van der Waals surface area contributed by atoms with Crippen LogP contribution in [0.3, 0.4) is 0 Å². The minimum atomic E-state index is -0.160. The van der Waals surface area contributed by atoms with E-state index in [1.807, 2.05) is 72.4 Å². The number of furan rings is 1. The fourth-order valence-corrected chi connectivity index (χ4v) is 2.78. The van der Waals surface area contributed by atoms with Gasteiger partial charge in [0.1, 0.15) is 11.5 Å². The fraction of sp³-hybridized carbons (Fsp3) is 0.250. The second kappa shape index (κ2) is 8.24. The lowest BCUT2D eigenvalue weighted by atomic mass is 10.1. The number of rotatable bonds is 8. The molecule has 3 aromatic rings. The van der Waals surface area contributed by atoms with Crippen molar-refractivity contribution >= 4 is 5.91 Å². The van der Waals surface area contributed by atoms with Crippen molar-refractivity contribution in [2.24, 2.45) is 0 Å². The van der Waals surface area contributed by atoms with Crippen LogP contribution in [0.2, 0.25) is 0 Å². The first-order chi connectivity index (χ1) is 12.3. The van der Waals surface area contributed by atoms with Gasteiger partial charge in [-0.05, 0) is 37.3 Å². The van der Waals surface area contributed by atoms with E-state index in [1.54, 1.807) is 6.26 Å². The number of amides is 1. The molecule has 0 bridgehead atoms. The molecule has 25 heavy (non-hydrogen) atoms. The average Bonchev–Trinajstić information content (AvgIpc) is 3.33. The highest BCUT2D eigenvalue weighted by Crippen LogP contribution is 2.23. The van der Waals surface area contributed by atoms with E-state index in [9.17, 15) is 4.79 Å². The molecule has 0 aliphatic heterocycles.